The molecule has 2 aromatic rings. The molecule has 2 aliphatic carbocycles. The van der Waals surface area contributed by atoms with Crippen LogP contribution >= 0.6 is 0 Å². The van der Waals surface area contributed by atoms with Gasteiger partial charge >= 0.3 is 0 Å². The van der Waals surface area contributed by atoms with Crippen LogP contribution in [-0.2, 0) is 10.3 Å². The van der Waals surface area contributed by atoms with Gasteiger partial charge in [-0.15, -0.1) is 0 Å². The fourth-order valence-corrected chi connectivity index (χ4v) is 5.21. The Morgan fingerprint density at radius 1 is 0.966 bits per heavy atom. The number of hydrogen-bond donors (Lipinski definition) is 1. The van der Waals surface area contributed by atoms with Gasteiger partial charge in [0.2, 0.25) is 0 Å². The van der Waals surface area contributed by atoms with Crippen molar-refractivity contribution in [3.63, 3.8) is 0 Å². The first-order valence-corrected chi connectivity index (χ1v) is 11.0. The molecular weight excluding hydrogens is 358 g/mol. The fourth-order valence-electron chi connectivity index (χ4n) is 5.21. The first-order chi connectivity index (χ1) is 14.1. The lowest BCUT2D eigenvalue weighted by Crippen LogP contribution is -2.49. The average molecular weight is 388 g/mol. The van der Waals surface area contributed by atoms with E-state index in [0.29, 0.717) is 5.96 Å². The van der Waals surface area contributed by atoms with E-state index in [9.17, 15) is 4.79 Å². The topological polar surface area (TPSA) is 58.7 Å². The molecule has 0 saturated heterocycles. The van der Waals surface area contributed by atoms with Crippen LogP contribution in [0.4, 0.5) is 0 Å². The Bertz CT molecular complexity index is 972. The summed E-state index contributed by atoms with van der Waals surface area (Å²) in [7, 11) is 0. The smallest absolute Gasteiger partial charge is 0.262 e. The largest absolute Gasteiger partial charge is 0.369 e. The molecule has 4 heteroatoms. The zero-order valence-corrected chi connectivity index (χ0v) is 17.1. The maximum absolute atomic E-state index is 13.9. The van der Waals surface area contributed by atoms with Gasteiger partial charge in [0, 0.05) is 6.04 Å². The number of rotatable bonds is 4. The van der Waals surface area contributed by atoms with Gasteiger partial charge in [-0.2, -0.15) is 0 Å². The number of carbonyl (C=O) groups is 1. The van der Waals surface area contributed by atoms with Crippen LogP contribution in [0.1, 0.15) is 56.1 Å². The van der Waals surface area contributed by atoms with E-state index >= 15 is 0 Å². The quantitative estimate of drug-likeness (QED) is 0.822. The molecular formula is C25H29N3O. The number of aryl methyl sites for hydroxylation is 1. The van der Waals surface area contributed by atoms with Gasteiger partial charge in [0.15, 0.2) is 11.5 Å². The first kappa shape index (κ1) is 18.4. The second kappa shape index (κ2) is 7.01. The Morgan fingerprint density at radius 3 is 2.34 bits per heavy atom. The third-order valence-electron chi connectivity index (χ3n) is 6.84. The van der Waals surface area contributed by atoms with Crippen molar-refractivity contribution in [2.75, 3.05) is 0 Å². The maximum atomic E-state index is 13.9. The van der Waals surface area contributed by atoms with Crippen molar-refractivity contribution in [2.24, 2.45) is 16.6 Å². The van der Waals surface area contributed by atoms with Crippen molar-refractivity contribution in [3.05, 3.63) is 59.7 Å². The highest BCUT2D eigenvalue weighted by Gasteiger charge is 2.59. The molecule has 1 amide bonds. The second-order valence-corrected chi connectivity index (χ2v) is 8.93. The van der Waals surface area contributed by atoms with E-state index in [-0.39, 0.29) is 17.9 Å². The van der Waals surface area contributed by atoms with Crippen molar-refractivity contribution in [1.82, 2.24) is 4.90 Å². The highest BCUT2D eigenvalue weighted by molar-refractivity contribution is 6.08. The van der Waals surface area contributed by atoms with Crippen LogP contribution in [0, 0.1) is 12.8 Å². The number of nitrogens with two attached hydrogens (primary N) is 1. The van der Waals surface area contributed by atoms with Gasteiger partial charge in [0.1, 0.15) is 0 Å². The fraction of sp³-hybridized carbons (Fsp3) is 0.440. The summed E-state index contributed by atoms with van der Waals surface area (Å²) >= 11 is 0. The maximum Gasteiger partial charge on any atom is 0.262 e. The minimum absolute atomic E-state index is 0.103. The van der Waals surface area contributed by atoms with Crippen LogP contribution in [-0.4, -0.2) is 22.8 Å². The minimum atomic E-state index is -0.832. The molecule has 1 aliphatic heterocycles. The molecule has 2 saturated carbocycles. The van der Waals surface area contributed by atoms with Crippen molar-refractivity contribution >= 4 is 11.9 Å². The number of benzene rings is 2. The molecule has 4 nitrogen and oxygen atoms in total. The third-order valence-corrected chi connectivity index (χ3v) is 6.84. The molecule has 3 aliphatic rings. The zero-order valence-electron chi connectivity index (χ0n) is 17.1. The van der Waals surface area contributed by atoms with E-state index in [1.54, 1.807) is 0 Å². The average Bonchev–Trinajstić information content (AvgIpc) is 3.55. The third kappa shape index (κ3) is 3.06. The number of nitrogens with zero attached hydrogens (tertiary/aromatic N) is 2. The lowest BCUT2D eigenvalue weighted by atomic mass is 9.82. The Labute approximate surface area is 172 Å². The predicted molar refractivity (Wildman–Crippen MR) is 116 cm³/mol. The lowest BCUT2D eigenvalue weighted by Gasteiger charge is -2.33. The van der Waals surface area contributed by atoms with Gasteiger partial charge in [-0.1, -0.05) is 67.3 Å². The minimum Gasteiger partial charge on any atom is -0.369 e. The lowest BCUT2D eigenvalue weighted by molar-refractivity contribution is -0.134. The summed E-state index contributed by atoms with van der Waals surface area (Å²) in [5, 5.41) is 0. The van der Waals surface area contributed by atoms with E-state index in [1.807, 2.05) is 4.90 Å². The molecule has 1 atom stereocenters. The molecule has 5 rings (SSSR count). The van der Waals surface area contributed by atoms with Gasteiger partial charge in [-0.25, -0.2) is 4.99 Å². The molecule has 0 radical (unpaired) electrons. The van der Waals surface area contributed by atoms with Crippen molar-refractivity contribution in [2.45, 2.75) is 63.5 Å². The summed E-state index contributed by atoms with van der Waals surface area (Å²) in [4.78, 5) is 20.6. The van der Waals surface area contributed by atoms with Crippen LogP contribution in [0.2, 0.25) is 0 Å². The van der Waals surface area contributed by atoms with E-state index in [2.05, 4.69) is 55.5 Å². The van der Waals surface area contributed by atoms with Gasteiger partial charge in [-0.3, -0.25) is 9.69 Å². The van der Waals surface area contributed by atoms with Crippen molar-refractivity contribution in [1.29, 1.82) is 0 Å². The van der Waals surface area contributed by atoms with E-state index in [1.165, 1.54) is 30.4 Å². The molecule has 0 aromatic heterocycles. The van der Waals surface area contributed by atoms with Crippen molar-refractivity contribution < 1.29 is 4.79 Å². The molecule has 2 N–H and O–H groups in total. The highest BCUT2D eigenvalue weighted by Crippen LogP contribution is 2.52. The molecule has 1 unspecified atom stereocenters. The second-order valence-electron chi connectivity index (χ2n) is 8.93. The van der Waals surface area contributed by atoms with Crippen LogP contribution in [0.5, 0.6) is 0 Å². The monoisotopic (exact) mass is 387 g/mol. The number of carbonyl (C=O) groups excluding carboxylic acids is 1. The van der Waals surface area contributed by atoms with E-state index < -0.39 is 5.54 Å². The molecule has 2 fully saturated rings. The highest BCUT2D eigenvalue weighted by atomic mass is 16.2. The number of aliphatic imine (C=N–C) groups is 1. The molecule has 1 heterocycles. The SMILES string of the molecule is Cc1cccc(-c2cccc(C3(C4CC4)N=C(N)N(C4CCCCC4)C3=O)c2)c1. The summed E-state index contributed by atoms with van der Waals surface area (Å²) in [6, 6.07) is 17.1. The van der Waals surface area contributed by atoms with Crippen LogP contribution in [0.25, 0.3) is 11.1 Å². The van der Waals surface area contributed by atoms with E-state index in [4.69, 9.17) is 10.7 Å². The number of amides is 1. The Hall–Kier alpha value is -2.62. The van der Waals surface area contributed by atoms with Crippen molar-refractivity contribution in [3.8, 4) is 11.1 Å². The number of hydrogen-bond acceptors (Lipinski definition) is 3. The normalized spacial score (nSPS) is 25.3. The van der Waals surface area contributed by atoms with Gasteiger partial charge in [-0.05, 0) is 61.3 Å². The Morgan fingerprint density at radius 2 is 1.66 bits per heavy atom. The summed E-state index contributed by atoms with van der Waals surface area (Å²) in [6.45, 7) is 2.10. The van der Waals surface area contributed by atoms with Gasteiger partial charge < -0.3 is 5.73 Å². The summed E-state index contributed by atoms with van der Waals surface area (Å²) in [5.41, 5.74) is 10.1. The molecule has 0 spiro atoms. The number of guanidine groups is 1. The molecule has 29 heavy (non-hydrogen) atoms. The molecule has 2 aromatic carbocycles. The van der Waals surface area contributed by atoms with Crippen LogP contribution < -0.4 is 5.73 Å². The zero-order chi connectivity index (χ0) is 20.0. The first-order valence-electron chi connectivity index (χ1n) is 11.0. The Balaban J connectivity index is 1.56. The molecule has 150 valence electrons. The summed E-state index contributed by atoms with van der Waals surface area (Å²) in [6.07, 6.45) is 7.73. The van der Waals surface area contributed by atoms with E-state index in [0.717, 1.165) is 36.8 Å². The van der Waals surface area contributed by atoms with Gasteiger partial charge in [0.05, 0.1) is 0 Å². The Kier molecular flexibility index (Phi) is 4.45. The summed E-state index contributed by atoms with van der Waals surface area (Å²) < 4.78 is 0. The summed E-state index contributed by atoms with van der Waals surface area (Å²) in [5.74, 6) is 0.787. The predicted octanol–water partition coefficient (Wildman–Crippen LogP) is 4.76. The molecule has 0 bridgehead atoms. The van der Waals surface area contributed by atoms with Gasteiger partial charge in [0.25, 0.3) is 5.91 Å². The van der Waals surface area contributed by atoms with Crippen LogP contribution in [0.15, 0.2) is 53.5 Å². The van der Waals surface area contributed by atoms with Crippen LogP contribution in [0.3, 0.4) is 0 Å². The standard InChI is InChI=1S/C25H29N3O/c1-17-7-5-8-18(15-17)19-9-6-10-21(16-19)25(20-13-14-20)23(29)28(24(26)27-25)22-11-3-2-4-12-22/h5-10,15-16,20,22H,2-4,11-14H2,1H3,(H2,26,27).